The number of nitrogens with zero attached hydrogens (tertiary/aromatic N) is 2. The van der Waals surface area contributed by atoms with Crippen LogP contribution in [0.5, 0.6) is 0 Å². The van der Waals surface area contributed by atoms with E-state index in [2.05, 4.69) is 0 Å². The van der Waals surface area contributed by atoms with Crippen molar-refractivity contribution in [2.45, 2.75) is 18.6 Å². The maximum absolute atomic E-state index is 14.1. The second kappa shape index (κ2) is 6.93. The Morgan fingerprint density at radius 2 is 1.71 bits per heavy atom. The molecule has 0 radical (unpaired) electrons. The first kappa shape index (κ1) is 19.3. The third-order valence-corrected chi connectivity index (χ3v) is 4.34. The number of hydrogen-bond acceptors (Lipinski definition) is 7. The van der Waals surface area contributed by atoms with Gasteiger partial charge in [0.05, 0.1) is 28.1 Å². The van der Waals surface area contributed by atoms with Gasteiger partial charge in [-0.2, -0.15) is 0 Å². The van der Waals surface area contributed by atoms with Gasteiger partial charge >= 0.3 is 5.97 Å². The molecule has 2 atom stereocenters. The number of nitro benzene ring substituents is 2. The smallest absolute Gasteiger partial charge is 0.339 e. The number of ether oxygens (including phenoxy) is 2. The van der Waals surface area contributed by atoms with Crippen LogP contribution in [0, 0.1) is 31.9 Å². The summed E-state index contributed by atoms with van der Waals surface area (Å²) in [5.41, 5.74) is -3.08. The predicted molar refractivity (Wildman–Crippen MR) is 88.6 cm³/mol. The maximum Gasteiger partial charge on any atom is 0.339 e. The molecule has 1 aliphatic heterocycles. The summed E-state index contributed by atoms with van der Waals surface area (Å²) in [6.07, 6.45) is -1.06. The molecule has 2 aromatic rings. The Hall–Kier alpha value is -3.47. The van der Waals surface area contributed by atoms with Gasteiger partial charge in [0.1, 0.15) is 17.7 Å². The molecule has 3 rings (SSSR count). The van der Waals surface area contributed by atoms with E-state index < -0.39 is 56.1 Å². The van der Waals surface area contributed by atoms with Crippen LogP contribution in [0.15, 0.2) is 36.4 Å². The summed E-state index contributed by atoms with van der Waals surface area (Å²) < 4.78 is 37.7. The topological polar surface area (TPSA) is 125 Å². The molecule has 11 heteroatoms. The summed E-state index contributed by atoms with van der Waals surface area (Å²) in [6.45, 7) is 1.40. The van der Waals surface area contributed by atoms with Crippen LogP contribution >= 0.6 is 0 Å². The molecule has 146 valence electrons. The molecule has 1 saturated heterocycles. The van der Waals surface area contributed by atoms with Crippen molar-refractivity contribution in [3.63, 3.8) is 0 Å². The highest BCUT2D eigenvalue weighted by Gasteiger charge is 2.55. The van der Waals surface area contributed by atoms with Crippen LogP contribution in [0.1, 0.15) is 22.8 Å². The van der Waals surface area contributed by atoms with Gasteiger partial charge in [0, 0.05) is 23.8 Å². The Balaban J connectivity index is 1.87. The number of carbonyl (C=O) groups is 1. The minimum absolute atomic E-state index is 0.000908. The van der Waals surface area contributed by atoms with Crippen molar-refractivity contribution < 1.29 is 32.9 Å². The fourth-order valence-corrected chi connectivity index (χ4v) is 2.77. The number of rotatable bonds is 6. The number of non-ortho nitro benzene ring substituents is 2. The minimum atomic E-state index is -1.33. The first-order chi connectivity index (χ1) is 13.1. The second-order valence-corrected chi connectivity index (χ2v) is 6.10. The summed E-state index contributed by atoms with van der Waals surface area (Å²) >= 11 is 0. The van der Waals surface area contributed by atoms with Crippen LogP contribution in [0.3, 0.4) is 0 Å². The van der Waals surface area contributed by atoms with Crippen LogP contribution in [0.2, 0.25) is 0 Å². The predicted octanol–water partition coefficient (Wildman–Crippen LogP) is 3.25. The fraction of sp³-hybridized carbons (Fsp3) is 0.235. The van der Waals surface area contributed by atoms with Crippen LogP contribution in [-0.2, 0) is 15.1 Å². The molecular weight excluding hydrogens is 382 g/mol. The molecule has 0 bridgehead atoms. The van der Waals surface area contributed by atoms with Crippen LogP contribution in [0.25, 0.3) is 0 Å². The van der Waals surface area contributed by atoms with Crippen molar-refractivity contribution in [1.82, 2.24) is 0 Å². The van der Waals surface area contributed by atoms with E-state index in [4.69, 9.17) is 9.47 Å². The van der Waals surface area contributed by atoms with Crippen molar-refractivity contribution in [3.8, 4) is 0 Å². The molecule has 0 aromatic heterocycles. The third-order valence-electron chi connectivity index (χ3n) is 4.34. The standard InChI is InChI=1S/C17H12F2N2O7/c1-9(17(8-27-17)14-3-2-11(18)6-15(14)19)28-16(22)10-4-12(20(23)24)7-13(5-10)21(25)26/h2-7,9H,8H2,1H3/t9-,17-/m1/s1. The van der Waals surface area contributed by atoms with Gasteiger partial charge in [-0.25, -0.2) is 13.6 Å². The van der Waals surface area contributed by atoms with Crippen LogP contribution in [-0.4, -0.2) is 28.5 Å². The summed E-state index contributed by atoms with van der Waals surface area (Å²) in [6, 6.07) is 5.24. The maximum atomic E-state index is 14.1. The molecule has 0 saturated carbocycles. The lowest BCUT2D eigenvalue weighted by Gasteiger charge is -2.21. The quantitative estimate of drug-likeness (QED) is 0.319. The largest absolute Gasteiger partial charge is 0.456 e. The molecule has 0 spiro atoms. The lowest BCUT2D eigenvalue weighted by Crippen LogP contribution is -2.31. The third kappa shape index (κ3) is 3.51. The zero-order valence-corrected chi connectivity index (χ0v) is 14.3. The zero-order valence-electron chi connectivity index (χ0n) is 14.3. The number of epoxide rings is 1. The minimum Gasteiger partial charge on any atom is -0.456 e. The molecule has 0 N–H and O–H groups in total. The summed E-state index contributed by atoms with van der Waals surface area (Å²) in [5, 5.41) is 21.9. The Labute approximate surface area is 155 Å². The second-order valence-electron chi connectivity index (χ2n) is 6.10. The summed E-state index contributed by atoms with van der Waals surface area (Å²) in [7, 11) is 0. The van der Waals surface area contributed by atoms with Gasteiger partial charge in [0.2, 0.25) is 0 Å². The van der Waals surface area contributed by atoms with Crippen molar-refractivity contribution in [3.05, 3.63) is 79.4 Å². The Kier molecular flexibility index (Phi) is 4.77. The van der Waals surface area contributed by atoms with E-state index in [1.165, 1.54) is 13.0 Å². The number of nitro groups is 2. The molecule has 1 fully saturated rings. The number of benzene rings is 2. The first-order valence-electron chi connectivity index (χ1n) is 7.88. The van der Waals surface area contributed by atoms with E-state index >= 15 is 0 Å². The first-order valence-corrected chi connectivity index (χ1v) is 7.88. The van der Waals surface area contributed by atoms with Crippen LogP contribution < -0.4 is 0 Å². The highest BCUT2D eigenvalue weighted by Crippen LogP contribution is 2.44. The van der Waals surface area contributed by atoms with Gasteiger partial charge in [0.15, 0.2) is 5.60 Å². The lowest BCUT2D eigenvalue weighted by molar-refractivity contribution is -0.394. The summed E-state index contributed by atoms with van der Waals surface area (Å²) in [4.78, 5) is 32.5. The van der Waals surface area contributed by atoms with Gasteiger partial charge in [0.25, 0.3) is 11.4 Å². The molecule has 2 aromatic carbocycles. The number of halogens is 2. The number of esters is 1. The number of carbonyl (C=O) groups excluding carboxylic acids is 1. The van der Waals surface area contributed by atoms with Gasteiger partial charge in [-0.05, 0) is 13.0 Å². The van der Waals surface area contributed by atoms with Gasteiger partial charge in [-0.3, -0.25) is 20.2 Å². The normalized spacial score (nSPS) is 19.0. The SMILES string of the molecule is C[C@@H](OC(=O)c1cc([N+](=O)[O-])cc([N+](=O)[O-])c1)[C@@]1(c2ccc(F)cc2F)CO1. The van der Waals surface area contributed by atoms with Gasteiger partial charge in [-0.15, -0.1) is 0 Å². The average Bonchev–Trinajstić information content (AvgIpc) is 3.42. The molecule has 0 aliphatic carbocycles. The van der Waals surface area contributed by atoms with Crippen LogP contribution in [0.4, 0.5) is 20.2 Å². The Morgan fingerprint density at radius 3 is 2.18 bits per heavy atom. The monoisotopic (exact) mass is 394 g/mol. The number of hydrogen-bond donors (Lipinski definition) is 0. The van der Waals surface area contributed by atoms with Gasteiger partial charge < -0.3 is 9.47 Å². The molecule has 1 aliphatic rings. The van der Waals surface area contributed by atoms with E-state index in [-0.39, 0.29) is 12.2 Å². The van der Waals surface area contributed by atoms with Crippen molar-refractivity contribution in [1.29, 1.82) is 0 Å². The van der Waals surface area contributed by atoms with Crippen molar-refractivity contribution in [2.75, 3.05) is 6.61 Å². The molecule has 1 heterocycles. The molecule has 0 unspecified atom stereocenters. The highest BCUT2D eigenvalue weighted by molar-refractivity contribution is 5.91. The zero-order chi connectivity index (χ0) is 20.6. The van der Waals surface area contributed by atoms with Crippen molar-refractivity contribution >= 4 is 17.3 Å². The van der Waals surface area contributed by atoms with Gasteiger partial charge in [-0.1, -0.05) is 6.07 Å². The molecule has 9 nitrogen and oxygen atoms in total. The fourth-order valence-electron chi connectivity index (χ4n) is 2.77. The van der Waals surface area contributed by atoms with Crippen molar-refractivity contribution in [2.24, 2.45) is 0 Å². The van der Waals surface area contributed by atoms with E-state index in [0.29, 0.717) is 12.1 Å². The van der Waals surface area contributed by atoms with E-state index in [9.17, 15) is 33.8 Å². The lowest BCUT2D eigenvalue weighted by atomic mass is 9.94. The Morgan fingerprint density at radius 1 is 1.14 bits per heavy atom. The van der Waals surface area contributed by atoms with E-state index in [1.54, 1.807) is 0 Å². The molecule has 28 heavy (non-hydrogen) atoms. The van der Waals surface area contributed by atoms with E-state index in [1.807, 2.05) is 0 Å². The molecular formula is C17H12F2N2O7. The molecule has 0 amide bonds. The summed E-state index contributed by atoms with van der Waals surface area (Å²) in [5.74, 6) is -2.76. The Bertz CT molecular complexity index is 959. The average molecular weight is 394 g/mol. The van der Waals surface area contributed by atoms with E-state index in [0.717, 1.165) is 18.2 Å². The highest BCUT2D eigenvalue weighted by atomic mass is 19.1.